The first-order valence-corrected chi connectivity index (χ1v) is 7.42. The van der Waals surface area contributed by atoms with Gasteiger partial charge < -0.3 is 10.1 Å². The van der Waals surface area contributed by atoms with E-state index in [4.69, 9.17) is 27.9 Å². The topological polar surface area (TPSA) is 21.3 Å². The minimum absolute atomic E-state index is 0.572. The Bertz CT molecular complexity index is 611. The van der Waals surface area contributed by atoms with Crippen molar-refractivity contribution in [3.63, 3.8) is 0 Å². The lowest BCUT2D eigenvalue weighted by Crippen LogP contribution is -2.15. The lowest BCUT2D eigenvalue weighted by Gasteiger charge is -2.10. The summed E-state index contributed by atoms with van der Waals surface area (Å²) in [5.74, 6) is 1.23. The van der Waals surface area contributed by atoms with Gasteiger partial charge >= 0.3 is 0 Å². The van der Waals surface area contributed by atoms with Gasteiger partial charge in [-0.15, -0.1) is 0 Å². The molecule has 0 bridgehead atoms. The Balaban J connectivity index is 1.71. The van der Waals surface area contributed by atoms with Crippen LogP contribution in [-0.4, -0.2) is 6.04 Å². The highest BCUT2D eigenvalue weighted by atomic mass is 35.5. The Kier molecular flexibility index (Phi) is 4.16. The highest BCUT2D eigenvalue weighted by molar-refractivity contribution is 6.32. The SMILES string of the molecule is Clc1ccccc1Oc1ccc(CNC2CC2)cc1Cl. The third kappa shape index (κ3) is 3.45. The molecule has 4 heteroatoms. The zero-order valence-corrected chi connectivity index (χ0v) is 12.4. The summed E-state index contributed by atoms with van der Waals surface area (Å²) in [6, 6.07) is 13.9. The fraction of sp³-hybridized carbons (Fsp3) is 0.250. The lowest BCUT2D eigenvalue weighted by atomic mass is 10.2. The average molecular weight is 308 g/mol. The fourth-order valence-corrected chi connectivity index (χ4v) is 2.35. The average Bonchev–Trinajstić information content (AvgIpc) is 3.26. The van der Waals surface area contributed by atoms with Crippen molar-refractivity contribution in [2.75, 3.05) is 0 Å². The fourth-order valence-electron chi connectivity index (χ4n) is 1.93. The van der Waals surface area contributed by atoms with Crippen molar-refractivity contribution in [2.45, 2.75) is 25.4 Å². The second kappa shape index (κ2) is 6.04. The zero-order valence-electron chi connectivity index (χ0n) is 10.9. The number of ether oxygens (including phenoxy) is 1. The van der Waals surface area contributed by atoms with Crippen molar-refractivity contribution >= 4 is 23.2 Å². The highest BCUT2D eigenvalue weighted by Crippen LogP contribution is 2.33. The number of benzene rings is 2. The van der Waals surface area contributed by atoms with Gasteiger partial charge in [0.25, 0.3) is 0 Å². The van der Waals surface area contributed by atoms with Crippen molar-refractivity contribution in [3.05, 3.63) is 58.1 Å². The van der Waals surface area contributed by atoms with Gasteiger partial charge in [0.1, 0.15) is 11.5 Å². The van der Waals surface area contributed by atoms with Crippen molar-refractivity contribution in [2.24, 2.45) is 0 Å². The number of halogens is 2. The normalized spacial score (nSPS) is 14.3. The largest absolute Gasteiger partial charge is 0.454 e. The van der Waals surface area contributed by atoms with Crippen LogP contribution in [0.4, 0.5) is 0 Å². The molecule has 1 fully saturated rings. The number of hydrogen-bond donors (Lipinski definition) is 1. The number of hydrogen-bond acceptors (Lipinski definition) is 2. The summed E-state index contributed by atoms with van der Waals surface area (Å²) < 4.78 is 5.75. The summed E-state index contributed by atoms with van der Waals surface area (Å²) >= 11 is 12.3. The third-order valence-corrected chi connectivity index (χ3v) is 3.83. The van der Waals surface area contributed by atoms with Gasteiger partial charge in [-0.1, -0.05) is 41.4 Å². The van der Waals surface area contributed by atoms with Crippen LogP contribution in [0.15, 0.2) is 42.5 Å². The first-order valence-electron chi connectivity index (χ1n) is 6.66. The van der Waals surface area contributed by atoms with Crippen LogP contribution in [0.1, 0.15) is 18.4 Å². The van der Waals surface area contributed by atoms with Crippen molar-refractivity contribution in [1.29, 1.82) is 0 Å². The molecule has 104 valence electrons. The molecule has 2 aromatic carbocycles. The summed E-state index contributed by atoms with van der Waals surface area (Å²) in [5, 5.41) is 4.63. The molecule has 2 nitrogen and oxygen atoms in total. The van der Waals surface area contributed by atoms with E-state index in [2.05, 4.69) is 5.32 Å². The summed E-state index contributed by atoms with van der Waals surface area (Å²) in [6.07, 6.45) is 2.56. The molecule has 0 unspecified atom stereocenters. The molecule has 0 aliphatic heterocycles. The van der Waals surface area contributed by atoms with E-state index < -0.39 is 0 Å². The van der Waals surface area contributed by atoms with Gasteiger partial charge in [0.15, 0.2) is 0 Å². The van der Waals surface area contributed by atoms with Crippen LogP contribution in [0.2, 0.25) is 10.0 Å². The van der Waals surface area contributed by atoms with Crippen LogP contribution < -0.4 is 10.1 Å². The molecular weight excluding hydrogens is 293 g/mol. The van der Waals surface area contributed by atoms with Crippen LogP contribution in [-0.2, 0) is 6.54 Å². The molecule has 1 aliphatic carbocycles. The van der Waals surface area contributed by atoms with Crippen LogP contribution in [0.5, 0.6) is 11.5 Å². The highest BCUT2D eigenvalue weighted by Gasteiger charge is 2.20. The zero-order chi connectivity index (χ0) is 13.9. The summed E-state index contributed by atoms with van der Waals surface area (Å²) in [7, 11) is 0. The van der Waals surface area contributed by atoms with Crippen LogP contribution in [0, 0.1) is 0 Å². The maximum Gasteiger partial charge on any atom is 0.146 e. The Labute approximate surface area is 128 Å². The first-order chi connectivity index (χ1) is 9.72. The predicted octanol–water partition coefficient (Wildman–Crippen LogP) is 5.04. The van der Waals surface area contributed by atoms with Gasteiger partial charge in [0, 0.05) is 12.6 Å². The quantitative estimate of drug-likeness (QED) is 0.835. The van der Waals surface area contributed by atoms with Crippen molar-refractivity contribution in [1.82, 2.24) is 5.32 Å². The summed E-state index contributed by atoms with van der Waals surface area (Å²) in [5.41, 5.74) is 1.16. The second-order valence-corrected chi connectivity index (χ2v) is 5.77. The standard InChI is InChI=1S/C16H15Cl2NO/c17-13-3-1-2-4-15(13)20-16-8-5-11(9-14(16)18)10-19-12-6-7-12/h1-5,8-9,12,19H,6-7,10H2. The molecule has 1 saturated carbocycles. The van der Waals surface area contributed by atoms with Gasteiger partial charge in [0.05, 0.1) is 10.0 Å². The molecule has 2 aromatic rings. The molecule has 3 rings (SSSR count). The molecule has 20 heavy (non-hydrogen) atoms. The Morgan fingerprint density at radius 3 is 2.45 bits per heavy atom. The van der Waals surface area contributed by atoms with Gasteiger partial charge in [-0.3, -0.25) is 0 Å². The molecule has 0 radical (unpaired) electrons. The molecular formula is C16H15Cl2NO. The molecule has 0 aromatic heterocycles. The van der Waals surface area contributed by atoms with E-state index in [1.807, 2.05) is 36.4 Å². The molecule has 0 saturated heterocycles. The minimum atomic E-state index is 0.572. The number of nitrogens with one attached hydrogen (secondary N) is 1. The smallest absolute Gasteiger partial charge is 0.146 e. The Morgan fingerprint density at radius 1 is 1.00 bits per heavy atom. The number of para-hydroxylation sites is 1. The van der Waals surface area contributed by atoms with E-state index in [1.54, 1.807) is 6.07 Å². The van der Waals surface area contributed by atoms with Crippen LogP contribution in [0.3, 0.4) is 0 Å². The van der Waals surface area contributed by atoms with E-state index in [0.717, 1.165) is 12.1 Å². The van der Waals surface area contributed by atoms with Crippen LogP contribution >= 0.6 is 23.2 Å². The maximum absolute atomic E-state index is 6.27. The van der Waals surface area contributed by atoms with E-state index in [1.165, 1.54) is 12.8 Å². The minimum Gasteiger partial charge on any atom is -0.454 e. The van der Waals surface area contributed by atoms with Gasteiger partial charge in [0.2, 0.25) is 0 Å². The van der Waals surface area contributed by atoms with Crippen molar-refractivity contribution < 1.29 is 4.74 Å². The van der Waals surface area contributed by atoms with Gasteiger partial charge in [-0.25, -0.2) is 0 Å². The lowest BCUT2D eigenvalue weighted by molar-refractivity contribution is 0.483. The first kappa shape index (κ1) is 13.7. The maximum atomic E-state index is 6.27. The molecule has 0 spiro atoms. The summed E-state index contributed by atoms with van der Waals surface area (Å²) in [4.78, 5) is 0. The van der Waals surface area contributed by atoms with Crippen LogP contribution in [0.25, 0.3) is 0 Å². The third-order valence-electron chi connectivity index (χ3n) is 3.23. The Hall–Kier alpha value is -1.22. The molecule has 0 atom stereocenters. The van der Waals surface area contributed by atoms with E-state index in [0.29, 0.717) is 27.6 Å². The molecule has 1 N–H and O–H groups in total. The molecule has 1 aliphatic rings. The molecule has 0 amide bonds. The van der Waals surface area contributed by atoms with E-state index in [9.17, 15) is 0 Å². The number of rotatable bonds is 5. The van der Waals surface area contributed by atoms with Crippen molar-refractivity contribution in [3.8, 4) is 11.5 Å². The monoisotopic (exact) mass is 307 g/mol. The van der Waals surface area contributed by atoms with Gasteiger partial charge in [-0.2, -0.15) is 0 Å². The Morgan fingerprint density at radius 2 is 1.75 bits per heavy atom. The van der Waals surface area contributed by atoms with Gasteiger partial charge in [-0.05, 0) is 42.7 Å². The predicted molar refractivity (Wildman–Crippen MR) is 82.8 cm³/mol. The molecule has 0 heterocycles. The van der Waals surface area contributed by atoms with E-state index >= 15 is 0 Å². The summed E-state index contributed by atoms with van der Waals surface area (Å²) in [6.45, 7) is 0.844. The second-order valence-electron chi connectivity index (χ2n) is 4.95. The van der Waals surface area contributed by atoms with E-state index in [-0.39, 0.29) is 0 Å².